The Labute approximate surface area is 225 Å². The molecule has 2 heteroatoms. The Morgan fingerprint density at radius 1 is 0.861 bits per heavy atom. The second-order valence-electron chi connectivity index (χ2n) is 14.3. The highest BCUT2D eigenvalue weighted by Crippen LogP contribution is 2.68. The van der Waals surface area contributed by atoms with Crippen molar-refractivity contribution in [1.29, 1.82) is 0 Å². The minimum atomic E-state index is -0.0524. The van der Waals surface area contributed by atoms with Crippen LogP contribution in [0, 0.1) is 64.1 Å². The lowest BCUT2D eigenvalue weighted by molar-refractivity contribution is -0.148. The van der Waals surface area contributed by atoms with Crippen molar-refractivity contribution in [1.82, 2.24) is 0 Å². The standard InChI is InChI=1S/C30H52O.C4H10O/c1-18(2)21(5)19(3)17-20(4)24-11-12-26-23-9-10-25-22(6)28(31)14-16-30(25,8)27(23)13-15-29(24,26)7;1-3-5-4-2/h17-18,20-28,31H,9-16H2,1-8H3;3-4H2,1-2H3/b19-17+;/t20-,21-,22+,23+,24-,25+,26+,27+,28+,29-,30+;/m1./s1. The van der Waals surface area contributed by atoms with E-state index in [0.717, 1.165) is 55.1 Å². The molecule has 1 N–H and O–H groups in total. The van der Waals surface area contributed by atoms with Crippen LogP contribution in [0.1, 0.15) is 121 Å². The van der Waals surface area contributed by atoms with Gasteiger partial charge in [-0.2, -0.15) is 0 Å². The van der Waals surface area contributed by atoms with Gasteiger partial charge in [-0.1, -0.05) is 60.1 Å². The molecule has 0 aromatic carbocycles. The van der Waals surface area contributed by atoms with Crippen molar-refractivity contribution < 1.29 is 9.84 Å². The van der Waals surface area contributed by atoms with E-state index >= 15 is 0 Å². The molecule has 36 heavy (non-hydrogen) atoms. The Bertz CT molecular complexity index is 725. The van der Waals surface area contributed by atoms with Crippen molar-refractivity contribution >= 4 is 0 Å². The lowest BCUT2D eigenvalue weighted by Gasteiger charge is -2.62. The van der Waals surface area contributed by atoms with Gasteiger partial charge in [-0.25, -0.2) is 0 Å². The van der Waals surface area contributed by atoms with Gasteiger partial charge in [0.25, 0.3) is 0 Å². The zero-order valence-electron chi connectivity index (χ0n) is 25.8. The summed E-state index contributed by atoms with van der Waals surface area (Å²) in [5.41, 5.74) is 2.64. The molecule has 0 aliphatic heterocycles. The van der Waals surface area contributed by atoms with Crippen molar-refractivity contribution in [3.8, 4) is 0 Å². The molecular formula is C34H62O2. The highest BCUT2D eigenvalue weighted by molar-refractivity contribution is 5.13. The minimum Gasteiger partial charge on any atom is -0.393 e. The molecule has 4 aliphatic rings. The SMILES string of the molecule is C/C(=C\[C@@H](C)[C@H]1CC[C@H]2[C@@H]3CC[C@H]4[C@H](C)[C@@H](O)CC[C@]4(C)[C@H]3CC[C@]12C)[C@H](C)C(C)C.CCOCC. The summed E-state index contributed by atoms with van der Waals surface area (Å²) in [6.07, 6.45) is 13.5. The Morgan fingerprint density at radius 3 is 2.03 bits per heavy atom. The van der Waals surface area contributed by atoms with Crippen LogP contribution in [0.3, 0.4) is 0 Å². The quantitative estimate of drug-likeness (QED) is 0.367. The first-order valence-electron chi connectivity index (χ1n) is 15.9. The van der Waals surface area contributed by atoms with Gasteiger partial charge >= 0.3 is 0 Å². The number of fused-ring (bicyclic) bond motifs is 5. The molecule has 4 rings (SSSR count). The summed E-state index contributed by atoms with van der Waals surface area (Å²) in [4.78, 5) is 0. The number of allylic oxidation sites excluding steroid dienone is 2. The summed E-state index contributed by atoms with van der Waals surface area (Å²) in [5, 5.41) is 10.6. The monoisotopic (exact) mass is 502 g/mol. The predicted octanol–water partition coefficient (Wildman–Crippen LogP) is 9.17. The molecule has 2 nitrogen and oxygen atoms in total. The first kappa shape index (κ1) is 30.2. The van der Waals surface area contributed by atoms with E-state index in [1.165, 1.54) is 44.9 Å². The molecule has 0 aromatic heterocycles. The normalized spacial score (nSPS) is 44.1. The molecule has 0 saturated heterocycles. The van der Waals surface area contributed by atoms with Crippen molar-refractivity contribution in [2.75, 3.05) is 13.2 Å². The summed E-state index contributed by atoms with van der Waals surface area (Å²) >= 11 is 0. The largest absolute Gasteiger partial charge is 0.393 e. The lowest BCUT2D eigenvalue weighted by atomic mass is 9.43. The molecule has 4 saturated carbocycles. The lowest BCUT2D eigenvalue weighted by Crippen LogP contribution is -2.56. The van der Waals surface area contributed by atoms with Crippen LogP contribution in [0.4, 0.5) is 0 Å². The van der Waals surface area contributed by atoms with Gasteiger partial charge in [0.1, 0.15) is 0 Å². The van der Waals surface area contributed by atoms with E-state index in [1.54, 1.807) is 5.57 Å². The molecule has 0 spiro atoms. The maximum absolute atomic E-state index is 10.6. The Balaban J connectivity index is 0.000000658. The van der Waals surface area contributed by atoms with Gasteiger partial charge in [0, 0.05) is 13.2 Å². The van der Waals surface area contributed by atoms with E-state index in [-0.39, 0.29) is 6.10 Å². The molecule has 0 amide bonds. The summed E-state index contributed by atoms with van der Waals surface area (Å²) in [6, 6.07) is 0. The number of hydrogen-bond donors (Lipinski definition) is 1. The topological polar surface area (TPSA) is 29.5 Å². The number of aliphatic hydroxyl groups is 1. The number of ether oxygens (including phenoxy) is 1. The third-order valence-corrected chi connectivity index (χ3v) is 12.5. The van der Waals surface area contributed by atoms with Crippen LogP contribution < -0.4 is 0 Å². The van der Waals surface area contributed by atoms with E-state index in [9.17, 15) is 5.11 Å². The molecule has 0 heterocycles. The van der Waals surface area contributed by atoms with Gasteiger partial charge < -0.3 is 9.84 Å². The number of rotatable bonds is 6. The average Bonchev–Trinajstić information content (AvgIpc) is 3.19. The van der Waals surface area contributed by atoms with Gasteiger partial charge in [-0.05, 0) is 136 Å². The van der Waals surface area contributed by atoms with E-state index in [4.69, 9.17) is 4.74 Å². The minimum absolute atomic E-state index is 0.0524. The van der Waals surface area contributed by atoms with E-state index in [2.05, 4.69) is 61.5 Å². The molecule has 11 atom stereocenters. The zero-order chi connectivity index (χ0) is 26.8. The highest BCUT2D eigenvalue weighted by Gasteiger charge is 2.61. The fourth-order valence-electron chi connectivity index (χ4n) is 10.0. The third-order valence-electron chi connectivity index (χ3n) is 12.5. The Morgan fingerprint density at radius 2 is 1.44 bits per heavy atom. The molecule has 0 radical (unpaired) electrons. The smallest absolute Gasteiger partial charge is 0.0568 e. The van der Waals surface area contributed by atoms with E-state index in [1.807, 2.05) is 13.8 Å². The maximum Gasteiger partial charge on any atom is 0.0568 e. The van der Waals surface area contributed by atoms with Gasteiger partial charge in [0.2, 0.25) is 0 Å². The van der Waals surface area contributed by atoms with Crippen molar-refractivity contribution in [2.45, 2.75) is 127 Å². The van der Waals surface area contributed by atoms with Crippen LogP contribution in [0.15, 0.2) is 11.6 Å². The molecule has 4 fully saturated rings. The second-order valence-corrected chi connectivity index (χ2v) is 14.3. The molecule has 210 valence electrons. The first-order chi connectivity index (χ1) is 16.9. The summed E-state index contributed by atoms with van der Waals surface area (Å²) < 4.78 is 4.83. The van der Waals surface area contributed by atoms with E-state index in [0.29, 0.717) is 28.6 Å². The van der Waals surface area contributed by atoms with Gasteiger partial charge in [-0.15, -0.1) is 0 Å². The molecule has 4 aliphatic carbocycles. The van der Waals surface area contributed by atoms with Gasteiger partial charge in [0.15, 0.2) is 0 Å². The zero-order valence-corrected chi connectivity index (χ0v) is 25.8. The Hall–Kier alpha value is -0.340. The maximum atomic E-state index is 10.6. The molecule has 0 bridgehead atoms. The third kappa shape index (κ3) is 5.66. The Kier molecular flexibility index (Phi) is 10.3. The second kappa shape index (κ2) is 12.2. The summed E-state index contributed by atoms with van der Waals surface area (Å²) in [7, 11) is 0. The summed E-state index contributed by atoms with van der Waals surface area (Å²) in [5.74, 6) is 7.05. The van der Waals surface area contributed by atoms with Gasteiger partial charge in [-0.3, -0.25) is 0 Å². The summed E-state index contributed by atoms with van der Waals surface area (Å²) in [6.45, 7) is 25.4. The van der Waals surface area contributed by atoms with Crippen LogP contribution in [0.25, 0.3) is 0 Å². The fourth-order valence-corrected chi connectivity index (χ4v) is 10.0. The van der Waals surface area contributed by atoms with Crippen LogP contribution in [0.5, 0.6) is 0 Å². The first-order valence-corrected chi connectivity index (χ1v) is 15.9. The van der Waals surface area contributed by atoms with Crippen molar-refractivity contribution in [3.05, 3.63) is 11.6 Å². The predicted molar refractivity (Wildman–Crippen MR) is 155 cm³/mol. The molecular weight excluding hydrogens is 440 g/mol. The van der Waals surface area contributed by atoms with Crippen molar-refractivity contribution in [3.63, 3.8) is 0 Å². The fraction of sp³-hybridized carbons (Fsp3) is 0.941. The van der Waals surface area contributed by atoms with Gasteiger partial charge in [0.05, 0.1) is 6.10 Å². The van der Waals surface area contributed by atoms with Crippen LogP contribution >= 0.6 is 0 Å². The highest BCUT2D eigenvalue weighted by atomic mass is 16.5. The molecule has 0 unspecified atom stereocenters. The van der Waals surface area contributed by atoms with E-state index < -0.39 is 0 Å². The van der Waals surface area contributed by atoms with Crippen LogP contribution in [-0.2, 0) is 4.74 Å². The van der Waals surface area contributed by atoms with Crippen molar-refractivity contribution in [2.24, 2.45) is 64.1 Å². The number of aliphatic hydroxyl groups excluding tert-OH is 1. The number of hydrogen-bond acceptors (Lipinski definition) is 2. The average molecular weight is 503 g/mol. The molecule has 0 aromatic rings. The van der Waals surface area contributed by atoms with Crippen LogP contribution in [-0.4, -0.2) is 24.4 Å². The van der Waals surface area contributed by atoms with Crippen LogP contribution in [0.2, 0.25) is 0 Å².